The maximum atomic E-state index is 11.7. The Labute approximate surface area is 109 Å². The highest BCUT2D eigenvalue weighted by Crippen LogP contribution is 2.25. The summed E-state index contributed by atoms with van der Waals surface area (Å²) in [6, 6.07) is 2.99. The van der Waals surface area contributed by atoms with Crippen LogP contribution in [0.4, 0.5) is 0 Å². The molecule has 0 aliphatic rings. The fraction of sp³-hybridized carbons (Fsp3) is 0.500. The maximum Gasteiger partial charge on any atom is 0.250 e. The highest BCUT2D eigenvalue weighted by Gasteiger charge is 2.17. The quantitative estimate of drug-likeness (QED) is 0.817. The molecular formula is C8H11Cl2NO3S2. The minimum Gasteiger partial charge on any atom is -0.383 e. The summed E-state index contributed by atoms with van der Waals surface area (Å²) in [7, 11) is -2.01. The van der Waals surface area contributed by atoms with Gasteiger partial charge in [-0.15, -0.1) is 22.9 Å². The van der Waals surface area contributed by atoms with Gasteiger partial charge in [-0.05, 0) is 12.1 Å². The molecule has 92 valence electrons. The molecule has 1 aromatic rings. The molecule has 0 bridgehead atoms. The topological polar surface area (TPSA) is 55.4 Å². The Morgan fingerprint density at radius 3 is 2.75 bits per heavy atom. The Bertz CT molecular complexity index is 432. The first-order chi connectivity index (χ1) is 7.45. The zero-order valence-electron chi connectivity index (χ0n) is 8.44. The first-order valence-corrected chi connectivity index (χ1v) is 7.45. The Morgan fingerprint density at radius 2 is 2.25 bits per heavy atom. The van der Waals surface area contributed by atoms with E-state index in [0.29, 0.717) is 4.34 Å². The van der Waals surface area contributed by atoms with Crippen LogP contribution in [-0.2, 0) is 14.8 Å². The molecule has 1 atom stereocenters. The molecule has 0 fully saturated rings. The van der Waals surface area contributed by atoms with Gasteiger partial charge < -0.3 is 4.74 Å². The van der Waals surface area contributed by atoms with Crippen molar-refractivity contribution in [3.05, 3.63) is 16.5 Å². The van der Waals surface area contributed by atoms with Crippen molar-refractivity contribution in [2.24, 2.45) is 0 Å². The lowest BCUT2D eigenvalue weighted by Gasteiger charge is -2.09. The van der Waals surface area contributed by atoms with Crippen LogP contribution in [0.2, 0.25) is 4.34 Å². The van der Waals surface area contributed by atoms with E-state index in [-0.39, 0.29) is 17.4 Å². The largest absolute Gasteiger partial charge is 0.383 e. The second kappa shape index (κ2) is 6.18. The maximum absolute atomic E-state index is 11.7. The van der Waals surface area contributed by atoms with Gasteiger partial charge >= 0.3 is 0 Å². The van der Waals surface area contributed by atoms with Gasteiger partial charge in [0.05, 0.1) is 16.3 Å². The zero-order valence-corrected chi connectivity index (χ0v) is 11.6. The lowest BCUT2D eigenvalue weighted by Crippen LogP contribution is -2.31. The molecule has 1 unspecified atom stereocenters. The number of alkyl halides is 1. The van der Waals surface area contributed by atoms with Crippen molar-refractivity contribution in [1.29, 1.82) is 0 Å². The number of rotatable bonds is 6. The molecule has 0 spiro atoms. The van der Waals surface area contributed by atoms with E-state index in [1.807, 2.05) is 0 Å². The summed E-state index contributed by atoms with van der Waals surface area (Å²) in [5.41, 5.74) is 0. The Morgan fingerprint density at radius 1 is 1.56 bits per heavy atom. The minimum absolute atomic E-state index is 0.118. The summed E-state index contributed by atoms with van der Waals surface area (Å²) >= 11 is 12.5. The molecule has 0 radical (unpaired) electrons. The standard InChI is InChI=1S/C8H11Cl2NO3S2/c1-14-5-6(9)4-11-16(12,13)8-3-2-7(10)15-8/h2-3,6,11H,4-5H2,1H3. The van der Waals surface area contributed by atoms with Crippen molar-refractivity contribution < 1.29 is 13.2 Å². The molecule has 4 nitrogen and oxygen atoms in total. The Balaban J connectivity index is 2.59. The average molecular weight is 304 g/mol. The second-order valence-corrected chi connectivity index (χ2v) is 7.29. The van der Waals surface area contributed by atoms with E-state index in [2.05, 4.69) is 4.72 Å². The van der Waals surface area contributed by atoms with Crippen molar-refractivity contribution >= 4 is 44.6 Å². The van der Waals surface area contributed by atoms with Crippen LogP contribution in [0.25, 0.3) is 0 Å². The highest BCUT2D eigenvalue weighted by molar-refractivity contribution is 7.91. The molecule has 16 heavy (non-hydrogen) atoms. The SMILES string of the molecule is COCC(Cl)CNS(=O)(=O)c1ccc(Cl)s1. The van der Waals surface area contributed by atoms with Crippen LogP contribution in [0.5, 0.6) is 0 Å². The first-order valence-electron chi connectivity index (χ1n) is 4.33. The van der Waals surface area contributed by atoms with Gasteiger partial charge in [-0.3, -0.25) is 0 Å². The molecule has 1 N–H and O–H groups in total. The Kier molecular flexibility index (Phi) is 5.49. The third-order valence-electron chi connectivity index (χ3n) is 1.66. The van der Waals surface area contributed by atoms with Gasteiger partial charge in [0.1, 0.15) is 4.21 Å². The van der Waals surface area contributed by atoms with Crippen LogP contribution in [0.1, 0.15) is 0 Å². The molecule has 1 rings (SSSR count). The van der Waals surface area contributed by atoms with Crippen LogP contribution >= 0.6 is 34.5 Å². The van der Waals surface area contributed by atoms with Crippen LogP contribution in [-0.4, -0.2) is 34.1 Å². The summed E-state index contributed by atoms with van der Waals surface area (Å²) in [5.74, 6) is 0. The summed E-state index contributed by atoms with van der Waals surface area (Å²) < 4.78 is 31.2. The van der Waals surface area contributed by atoms with Crippen molar-refractivity contribution in [1.82, 2.24) is 4.72 Å². The van der Waals surface area contributed by atoms with Crippen molar-refractivity contribution in [2.75, 3.05) is 20.3 Å². The van der Waals surface area contributed by atoms with Gasteiger partial charge in [-0.1, -0.05) is 11.6 Å². The third kappa shape index (κ3) is 4.20. The summed E-state index contributed by atoms with van der Waals surface area (Å²) in [6.45, 7) is 0.405. The highest BCUT2D eigenvalue weighted by atomic mass is 35.5. The van der Waals surface area contributed by atoms with Gasteiger partial charge in [0.2, 0.25) is 10.0 Å². The molecule has 0 aliphatic heterocycles. The van der Waals surface area contributed by atoms with E-state index in [0.717, 1.165) is 11.3 Å². The lowest BCUT2D eigenvalue weighted by atomic mass is 10.5. The molecule has 0 amide bonds. The van der Waals surface area contributed by atoms with E-state index in [9.17, 15) is 8.42 Å². The average Bonchev–Trinajstić information content (AvgIpc) is 2.63. The molecule has 8 heteroatoms. The molecular weight excluding hydrogens is 293 g/mol. The van der Waals surface area contributed by atoms with E-state index in [1.165, 1.54) is 19.2 Å². The second-order valence-electron chi connectivity index (χ2n) is 2.96. The monoisotopic (exact) mass is 303 g/mol. The van der Waals surface area contributed by atoms with Crippen LogP contribution < -0.4 is 4.72 Å². The molecule has 1 aromatic heterocycles. The van der Waals surface area contributed by atoms with Crippen molar-refractivity contribution in [3.8, 4) is 0 Å². The van der Waals surface area contributed by atoms with E-state index in [4.69, 9.17) is 27.9 Å². The van der Waals surface area contributed by atoms with Gasteiger partial charge in [0.15, 0.2) is 0 Å². The summed E-state index contributed by atoms with van der Waals surface area (Å²) in [4.78, 5) is 0. The van der Waals surface area contributed by atoms with E-state index in [1.54, 1.807) is 0 Å². The number of nitrogens with one attached hydrogen (secondary N) is 1. The molecule has 0 saturated heterocycles. The number of ether oxygens (including phenoxy) is 1. The van der Waals surface area contributed by atoms with Gasteiger partial charge in [-0.2, -0.15) is 0 Å². The Hall–Kier alpha value is 0.150. The fourth-order valence-electron chi connectivity index (χ4n) is 0.953. The van der Waals surface area contributed by atoms with Gasteiger partial charge in [0.25, 0.3) is 0 Å². The predicted octanol–water partition coefficient (Wildman–Crippen LogP) is 1.93. The van der Waals surface area contributed by atoms with Crippen molar-refractivity contribution in [3.63, 3.8) is 0 Å². The minimum atomic E-state index is -3.51. The van der Waals surface area contributed by atoms with Crippen LogP contribution in [0.15, 0.2) is 16.3 Å². The third-order valence-corrected chi connectivity index (χ3v) is 5.08. The fourth-order valence-corrected chi connectivity index (χ4v) is 3.86. The smallest absolute Gasteiger partial charge is 0.250 e. The molecule has 1 heterocycles. The molecule has 0 aromatic carbocycles. The lowest BCUT2D eigenvalue weighted by molar-refractivity contribution is 0.198. The number of hydrogen-bond donors (Lipinski definition) is 1. The summed E-state index contributed by atoms with van der Waals surface area (Å²) in [6.07, 6.45) is 0. The molecule has 0 aliphatic carbocycles. The predicted molar refractivity (Wildman–Crippen MR) is 66.0 cm³/mol. The van der Waals surface area contributed by atoms with E-state index >= 15 is 0 Å². The summed E-state index contributed by atoms with van der Waals surface area (Å²) in [5, 5.41) is -0.393. The van der Waals surface area contributed by atoms with Crippen LogP contribution in [0.3, 0.4) is 0 Å². The van der Waals surface area contributed by atoms with Crippen molar-refractivity contribution in [2.45, 2.75) is 9.59 Å². The number of methoxy groups -OCH3 is 1. The van der Waals surface area contributed by atoms with Gasteiger partial charge in [-0.25, -0.2) is 13.1 Å². The normalized spacial score (nSPS) is 13.9. The van der Waals surface area contributed by atoms with Crippen LogP contribution in [0, 0.1) is 0 Å². The van der Waals surface area contributed by atoms with E-state index < -0.39 is 15.4 Å². The molecule has 0 saturated carbocycles. The number of hydrogen-bond acceptors (Lipinski definition) is 4. The first kappa shape index (κ1) is 14.2. The number of halogens is 2. The number of sulfonamides is 1. The van der Waals surface area contributed by atoms with Gasteiger partial charge in [0, 0.05) is 13.7 Å². The zero-order chi connectivity index (χ0) is 12.2. The number of thiophene rings is 1.